The van der Waals surface area contributed by atoms with E-state index in [4.69, 9.17) is 14.2 Å². The second-order valence-electron chi connectivity index (χ2n) is 10.6. The van der Waals surface area contributed by atoms with E-state index in [2.05, 4.69) is 25.6 Å². The van der Waals surface area contributed by atoms with Crippen LogP contribution in [-0.2, 0) is 28.6 Å². The number of hydrogen-bond donors (Lipinski definition) is 2. The third-order valence-corrected chi connectivity index (χ3v) is 6.05. The summed E-state index contributed by atoms with van der Waals surface area (Å²) < 4.78 is 34.8. The van der Waals surface area contributed by atoms with Crippen LogP contribution in [0.2, 0.25) is 0 Å². The van der Waals surface area contributed by atoms with Crippen molar-refractivity contribution in [1.29, 1.82) is 0 Å². The number of fused-ring (bicyclic) bond motifs is 1. The maximum absolute atomic E-state index is 16.5. The first-order valence-corrected chi connectivity index (χ1v) is 12.7. The Balaban J connectivity index is 2.00. The zero-order chi connectivity index (χ0) is 28.4. The van der Waals surface area contributed by atoms with Crippen LogP contribution in [0.1, 0.15) is 61.1 Å². The first-order valence-electron chi connectivity index (χ1n) is 12.7. The average molecular weight is 537 g/mol. The normalized spacial score (nSPS) is 23.3. The van der Waals surface area contributed by atoms with Gasteiger partial charge in [0.25, 0.3) is 0 Å². The summed E-state index contributed by atoms with van der Waals surface area (Å²) in [5, 5.41) is 5.54. The number of carbonyl (C=O) groups is 3. The lowest BCUT2D eigenvalue weighted by atomic mass is 9.98. The van der Waals surface area contributed by atoms with Crippen molar-refractivity contribution in [3.05, 3.63) is 6.33 Å². The Hall–Kier alpha value is -3.35. The molecule has 0 aromatic carbocycles. The standard InChI is InChI=1S/C25H37FN6O6/c1-12(2)9-16(33)36-10-15-18(38-22(35)14(5)6)25(7,26)23(37-15)32-11-28-17-19(27-8)29-24(30-20(17)32)31-21(34)13(3)4/h11-15,18,23H,9-10H2,1-8H3,(H2,27,29,30,31,34)/t15-,18-,23-,25-/m1/s1. The Morgan fingerprint density at radius 1 is 1.16 bits per heavy atom. The number of imidazole rings is 1. The van der Waals surface area contributed by atoms with E-state index in [1.807, 2.05) is 13.8 Å². The molecule has 12 nitrogen and oxygen atoms in total. The third kappa shape index (κ3) is 6.20. The first-order chi connectivity index (χ1) is 17.8. The highest BCUT2D eigenvalue weighted by atomic mass is 19.1. The molecule has 3 heterocycles. The van der Waals surface area contributed by atoms with Gasteiger partial charge in [-0.2, -0.15) is 9.97 Å². The number of amides is 1. The van der Waals surface area contributed by atoms with Crippen LogP contribution in [0.4, 0.5) is 16.2 Å². The molecule has 0 unspecified atom stereocenters. The van der Waals surface area contributed by atoms with Crippen LogP contribution in [0.25, 0.3) is 11.2 Å². The molecular formula is C25H37FN6O6. The summed E-state index contributed by atoms with van der Waals surface area (Å²) in [7, 11) is 1.63. The highest BCUT2D eigenvalue weighted by molar-refractivity contribution is 5.92. The molecule has 1 aliphatic rings. The van der Waals surface area contributed by atoms with Crippen LogP contribution in [0.3, 0.4) is 0 Å². The molecule has 2 N–H and O–H groups in total. The summed E-state index contributed by atoms with van der Waals surface area (Å²) in [6.45, 7) is 11.4. The molecule has 0 aliphatic carbocycles. The zero-order valence-electron chi connectivity index (χ0n) is 23.1. The van der Waals surface area contributed by atoms with Gasteiger partial charge in [-0.05, 0) is 12.8 Å². The van der Waals surface area contributed by atoms with E-state index >= 15 is 4.39 Å². The fraction of sp³-hybridized carbons (Fsp3) is 0.680. The summed E-state index contributed by atoms with van der Waals surface area (Å²) in [4.78, 5) is 49.9. The molecule has 0 spiro atoms. The second-order valence-corrected chi connectivity index (χ2v) is 10.6. The largest absolute Gasteiger partial charge is 0.463 e. The number of aromatic nitrogens is 4. The van der Waals surface area contributed by atoms with Gasteiger partial charge in [0, 0.05) is 19.4 Å². The number of anilines is 2. The Morgan fingerprint density at radius 3 is 2.42 bits per heavy atom. The Bertz CT molecular complexity index is 1180. The zero-order valence-corrected chi connectivity index (χ0v) is 23.1. The molecule has 3 rings (SSSR count). The molecule has 13 heteroatoms. The molecule has 2 aromatic heterocycles. The van der Waals surface area contributed by atoms with Crippen molar-refractivity contribution in [1.82, 2.24) is 19.5 Å². The summed E-state index contributed by atoms with van der Waals surface area (Å²) >= 11 is 0. The minimum absolute atomic E-state index is 0.00260. The molecule has 0 saturated carbocycles. The number of hydrogen-bond acceptors (Lipinski definition) is 10. The number of esters is 2. The van der Waals surface area contributed by atoms with Crippen LogP contribution in [0.15, 0.2) is 6.33 Å². The molecule has 0 radical (unpaired) electrons. The molecule has 4 atom stereocenters. The van der Waals surface area contributed by atoms with E-state index < -0.39 is 42.0 Å². The number of carbonyl (C=O) groups excluding carboxylic acids is 3. The highest BCUT2D eigenvalue weighted by Crippen LogP contribution is 2.44. The van der Waals surface area contributed by atoms with Crippen molar-refractivity contribution in [2.45, 2.75) is 79.0 Å². The molecule has 1 saturated heterocycles. The minimum atomic E-state index is -2.26. The quantitative estimate of drug-likeness (QED) is 0.434. The van der Waals surface area contributed by atoms with Crippen molar-refractivity contribution < 1.29 is 33.0 Å². The lowest BCUT2D eigenvalue weighted by Crippen LogP contribution is -2.45. The number of alkyl halides is 1. The van der Waals surface area contributed by atoms with Gasteiger partial charge < -0.3 is 19.5 Å². The van der Waals surface area contributed by atoms with Gasteiger partial charge in [0.05, 0.1) is 12.2 Å². The first kappa shape index (κ1) is 29.2. The van der Waals surface area contributed by atoms with Crippen molar-refractivity contribution in [3.8, 4) is 0 Å². The SMILES string of the molecule is CNc1nc(NC(=O)C(C)C)nc2c1ncn2[C@@H]1O[C@H](COC(=O)CC(C)C)[C@@H](OC(=O)C(C)C)[C@@]1(C)F. The molecule has 1 fully saturated rings. The van der Waals surface area contributed by atoms with Gasteiger partial charge in [0.15, 0.2) is 35.0 Å². The van der Waals surface area contributed by atoms with E-state index in [9.17, 15) is 14.4 Å². The van der Waals surface area contributed by atoms with E-state index in [0.717, 1.165) is 0 Å². The Morgan fingerprint density at radius 2 is 1.84 bits per heavy atom. The molecule has 1 amide bonds. The lowest BCUT2D eigenvalue weighted by molar-refractivity contribution is -0.164. The average Bonchev–Trinajstić information content (AvgIpc) is 3.34. The smallest absolute Gasteiger partial charge is 0.308 e. The maximum atomic E-state index is 16.5. The van der Waals surface area contributed by atoms with Crippen LogP contribution in [0, 0.1) is 17.8 Å². The van der Waals surface area contributed by atoms with Crippen molar-refractivity contribution in [2.75, 3.05) is 24.3 Å². The van der Waals surface area contributed by atoms with E-state index in [-0.39, 0.29) is 42.4 Å². The molecule has 38 heavy (non-hydrogen) atoms. The fourth-order valence-electron chi connectivity index (χ4n) is 3.93. The van der Waals surface area contributed by atoms with E-state index in [1.165, 1.54) is 17.8 Å². The summed E-state index contributed by atoms with van der Waals surface area (Å²) in [5.41, 5.74) is -1.76. The van der Waals surface area contributed by atoms with Crippen molar-refractivity contribution in [2.24, 2.45) is 17.8 Å². The monoisotopic (exact) mass is 536 g/mol. The van der Waals surface area contributed by atoms with Gasteiger partial charge in [-0.3, -0.25) is 24.3 Å². The number of nitrogens with one attached hydrogen (secondary N) is 2. The second kappa shape index (κ2) is 11.6. The summed E-state index contributed by atoms with van der Waals surface area (Å²) in [6, 6.07) is 0. The van der Waals surface area contributed by atoms with Gasteiger partial charge in [0.2, 0.25) is 11.9 Å². The highest BCUT2D eigenvalue weighted by Gasteiger charge is 2.58. The third-order valence-electron chi connectivity index (χ3n) is 6.05. The maximum Gasteiger partial charge on any atom is 0.308 e. The van der Waals surface area contributed by atoms with Crippen LogP contribution in [0.5, 0.6) is 0 Å². The van der Waals surface area contributed by atoms with Crippen LogP contribution >= 0.6 is 0 Å². The van der Waals surface area contributed by atoms with Gasteiger partial charge in [-0.25, -0.2) is 9.37 Å². The van der Waals surface area contributed by atoms with E-state index in [0.29, 0.717) is 11.3 Å². The fourth-order valence-corrected chi connectivity index (χ4v) is 3.93. The summed E-state index contributed by atoms with van der Waals surface area (Å²) in [6.07, 6.45) is -2.29. The Labute approximate surface area is 221 Å². The molecule has 1 aliphatic heterocycles. The van der Waals surface area contributed by atoms with E-state index in [1.54, 1.807) is 34.7 Å². The van der Waals surface area contributed by atoms with Gasteiger partial charge in [-0.15, -0.1) is 0 Å². The van der Waals surface area contributed by atoms with Gasteiger partial charge in [0.1, 0.15) is 12.7 Å². The number of ether oxygens (including phenoxy) is 3. The molecular weight excluding hydrogens is 499 g/mol. The number of halogens is 1. The van der Waals surface area contributed by atoms with Crippen LogP contribution in [-0.4, -0.2) is 68.9 Å². The van der Waals surface area contributed by atoms with Crippen molar-refractivity contribution in [3.63, 3.8) is 0 Å². The predicted octanol–water partition coefficient (Wildman–Crippen LogP) is 3.25. The van der Waals surface area contributed by atoms with Gasteiger partial charge >= 0.3 is 11.9 Å². The Kier molecular flexibility index (Phi) is 8.90. The molecule has 0 bridgehead atoms. The minimum Gasteiger partial charge on any atom is -0.463 e. The lowest BCUT2D eigenvalue weighted by Gasteiger charge is -2.28. The summed E-state index contributed by atoms with van der Waals surface area (Å²) in [5.74, 6) is -1.82. The van der Waals surface area contributed by atoms with Crippen molar-refractivity contribution >= 4 is 40.8 Å². The number of nitrogens with zero attached hydrogens (tertiary/aromatic N) is 4. The van der Waals surface area contributed by atoms with Crippen LogP contribution < -0.4 is 10.6 Å². The molecule has 210 valence electrons. The molecule has 2 aromatic rings. The topological polar surface area (TPSA) is 147 Å². The number of rotatable bonds is 10. The van der Waals surface area contributed by atoms with Gasteiger partial charge in [-0.1, -0.05) is 41.5 Å². The predicted molar refractivity (Wildman–Crippen MR) is 137 cm³/mol.